The lowest BCUT2D eigenvalue weighted by Crippen LogP contribution is -2.24. The summed E-state index contributed by atoms with van der Waals surface area (Å²) in [6.07, 6.45) is 0. The summed E-state index contributed by atoms with van der Waals surface area (Å²) in [5.74, 6) is 0.816. The number of nitrogens with zero attached hydrogens (tertiary/aromatic N) is 2. The molecule has 0 saturated carbocycles. The van der Waals surface area contributed by atoms with Crippen molar-refractivity contribution in [2.24, 2.45) is 0 Å². The summed E-state index contributed by atoms with van der Waals surface area (Å²) in [5.41, 5.74) is 7.24. The van der Waals surface area contributed by atoms with Gasteiger partial charge in [0, 0.05) is 7.05 Å². The summed E-state index contributed by atoms with van der Waals surface area (Å²) in [4.78, 5) is 15.6. The number of benzene rings is 1. The van der Waals surface area contributed by atoms with Crippen LogP contribution in [0.5, 0.6) is 5.75 Å². The van der Waals surface area contributed by atoms with Crippen LogP contribution in [0.3, 0.4) is 0 Å². The van der Waals surface area contributed by atoms with Crippen LogP contribution in [0.15, 0.2) is 18.2 Å². The summed E-state index contributed by atoms with van der Waals surface area (Å²) in [5, 5.41) is 2.55. The molecule has 0 bridgehead atoms. The molecule has 0 saturated heterocycles. The molecule has 6 nitrogen and oxygen atoms in total. The largest absolute Gasteiger partial charge is 0.494 e. The van der Waals surface area contributed by atoms with Crippen LogP contribution in [0.2, 0.25) is 0 Å². The fraction of sp³-hybridized carbons (Fsp3) is 0.273. The minimum atomic E-state index is -0.126. The molecule has 0 atom stereocenters. The molecule has 0 aliphatic carbocycles. The van der Waals surface area contributed by atoms with E-state index < -0.39 is 0 Å². The van der Waals surface area contributed by atoms with Crippen molar-refractivity contribution in [2.45, 2.75) is 6.54 Å². The maximum absolute atomic E-state index is 11.4. The number of likely N-dealkylation sites (N-methyl/N-ethyl adjacent to an activating group) is 1. The van der Waals surface area contributed by atoms with Gasteiger partial charge in [0.15, 0.2) is 0 Å². The quantitative estimate of drug-likeness (QED) is 0.804. The number of fused-ring (bicyclic) bond motifs is 1. The molecule has 1 aromatic heterocycles. The number of imidazole rings is 1. The molecular formula is C11H14N4O2. The molecule has 0 fully saturated rings. The molecule has 90 valence electrons. The van der Waals surface area contributed by atoms with Crippen molar-refractivity contribution in [1.29, 1.82) is 0 Å². The molecule has 3 N–H and O–H groups in total. The highest BCUT2D eigenvalue weighted by Gasteiger charge is 2.13. The second-order valence-corrected chi connectivity index (χ2v) is 3.56. The Kier molecular flexibility index (Phi) is 2.86. The number of carbonyl (C=O) groups excluding carboxylic acids is 1. The van der Waals surface area contributed by atoms with Gasteiger partial charge in [-0.2, -0.15) is 0 Å². The molecule has 6 heteroatoms. The molecule has 1 amide bonds. The SMILES string of the molecule is CNC(=O)Cn1c(N)nc2c(OC)cccc21. The van der Waals surface area contributed by atoms with Gasteiger partial charge in [-0.3, -0.25) is 4.79 Å². The van der Waals surface area contributed by atoms with Gasteiger partial charge in [-0.25, -0.2) is 4.98 Å². The van der Waals surface area contributed by atoms with Crippen LogP contribution >= 0.6 is 0 Å². The molecule has 17 heavy (non-hydrogen) atoms. The predicted octanol–water partition coefficient (Wildman–Crippen LogP) is 0.373. The molecular weight excluding hydrogens is 220 g/mol. The number of hydrogen-bond acceptors (Lipinski definition) is 4. The van der Waals surface area contributed by atoms with E-state index in [-0.39, 0.29) is 12.5 Å². The molecule has 2 aromatic rings. The third-order valence-corrected chi connectivity index (χ3v) is 2.57. The van der Waals surface area contributed by atoms with Crippen LogP contribution in [0.25, 0.3) is 11.0 Å². The van der Waals surface area contributed by atoms with Crippen LogP contribution < -0.4 is 15.8 Å². The minimum absolute atomic E-state index is 0.126. The highest BCUT2D eigenvalue weighted by Crippen LogP contribution is 2.26. The molecule has 0 aliphatic heterocycles. The van der Waals surface area contributed by atoms with Gasteiger partial charge >= 0.3 is 0 Å². The van der Waals surface area contributed by atoms with Crippen molar-refractivity contribution in [3.05, 3.63) is 18.2 Å². The van der Waals surface area contributed by atoms with E-state index in [0.29, 0.717) is 17.2 Å². The molecule has 1 heterocycles. The van der Waals surface area contributed by atoms with Crippen molar-refractivity contribution in [3.63, 3.8) is 0 Å². The number of para-hydroxylation sites is 1. The third-order valence-electron chi connectivity index (χ3n) is 2.57. The Morgan fingerprint density at radius 2 is 2.35 bits per heavy atom. The first kappa shape index (κ1) is 11.3. The Bertz CT molecular complexity index is 562. The number of nitrogen functional groups attached to an aromatic ring is 1. The minimum Gasteiger partial charge on any atom is -0.494 e. The van der Waals surface area contributed by atoms with Gasteiger partial charge in [0.25, 0.3) is 0 Å². The highest BCUT2D eigenvalue weighted by molar-refractivity contribution is 5.86. The fourth-order valence-corrected chi connectivity index (χ4v) is 1.69. The van der Waals surface area contributed by atoms with Gasteiger partial charge in [-0.1, -0.05) is 6.07 Å². The average Bonchev–Trinajstić information content (AvgIpc) is 2.66. The van der Waals surface area contributed by atoms with E-state index in [0.717, 1.165) is 5.52 Å². The zero-order chi connectivity index (χ0) is 12.4. The van der Waals surface area contributed by atoms with Crippen molar-refractivity contribution in [2.75, 3.05) is 19.9 Å². The predicted molar refractivity (Wildman–Crippen MR) is 64.8 cm³/mol. The number of methoxy groups -OCH3 is 1. The lowest BCUT2D eigenvalue weighted by molar-refractivity contribution is -0.121. The van der Waals surface area contributed by atoms with E-state index in [1.807, 2.05) is 12.1 Å². The van der Waals surface area contributed by atoms with Crippen LogP contribution in [0.1, 0.15) is 0 Å². The van der Waals surface area contributed by atoms with Gasteiger partial charge in [0.2, 0.25) is 11.9 Å². The zero-order valence-electron chi connectivity index (χ0n) is 9.73. The maximum atomic E-state index is 11.4. The van der Waals surface area contributed by atoms with Gasteiger partial charge in [0.05, 0.1) is 12.6 Å². The Morgan fingerprint density at radius 1 is 1.59 bits per heavy atom. The lowest BCUT2D eigenvalue weighted by Gasteiger charge is -2.05. The number of ether oxygens (including phenoxy) is 1. The van der Waals surface area contributed by atoms with Gasteiger partial charge in [-0.15, -0.1) is 0 Å². The number of hydrogen-bond donors (Lipinski definition) is 2. The van der Waals surface area contributed by atoms with Crippen LogP contribution in [0.4, 0.5) is 5.95 Å². The van der Waals surface area contributed by atoms with Crippen LogP contribution in [-0.2, 0) is 11.3 Å². The van der Waals surface area contributed by atoms with Crippen molar-refractivity contribution >= 4 is 22.9 Å². The van der Waals surface area contributed by atoms with Gasteiger partial charge in [-0.05, 0) is 12.1 Å². The van der Waals surface area contributed by atoms with E-state index in [2.05, 4.69) is 10.3 Å². The van der Waals surface area contributed by atoms with E-state index in [1.54, 1.807) is 24.8 Å². The summed E-state index contributed by atoms with van der Waals surface area (Å²) in [7, 11) is 3.15. The monoisotopic (exact) mass is 234 g/mol. The van der Waals surface area contributed by atoms with E-state index in [4.69, 9.17) is 10.5 Å². The number of nitrogens with two attached hydrogens (primary N) is 1. The number of nitrogens with one attached hydrogen (secondary N) is 1. The second-order valence-electron chi connectivity index (χ2n) is 3.56. The second kappa shape index (κ2) is 4.32. The van der Waals surface area contributed by atoms with Crippen LogP contribution in [-0.4, -0.2) is 29.6 Å². The summed E-state index contributed by atoms with van der Waals surface area (Å²) < 4.78 is 6.84. The third kappa shape index (κ3) is 1.89. The van der Waals surface area contributed by atoms with E-state index in [9.17, 15) is 4.79 Å². The standard InChI is InChI=1S/C11H14N4O2/c1-13-9(16)6-15-7-4-3-5-8(17-2)10(7)14-11(15)12/h3-5H,6H2,1-2H3,(H2,12,14)(H,13,16). The average molecular weight is 234 g/mol. The normalized spacial score (nSPS) is 10.5. The topological polar surface area (TPSA) is 82.2 Å². The summed E-state index contributed by atoms with van der Waals surface area (Å²) >= 11 is 0. The molecule has 0 spiro atoms. The first-order valence-electron chi connectivity index (χ1n) is 5.16. The fourth-order valence-electron chi connectivity index (χ4n) is 1.69. The molecule has 0 unspecified atom stereocenters. The molecule has 1 aromatic carbocycles. The number of rotatable bonds is 3. The smallest absolute Gasteiger partial charge is 0.239 e. The molecule has 0 radical (unpaired) electrons. The number of amides is 1. The number of carbonyl (C=O) groups is 1. The molecule has 2 rings (SSSR count). The Morgan fingerprint density at radius 3 is 3.00 bits per heavy atom. The van der Waals surface area contributed by atoms with Gasteiger partial charge in [0.1, 0.15) is 17.8 Å². The molecule has 0 aliphatic rings. The van der Waals surface area contributed by atoms with Crippen molar-refractivity contribution in [1.82, 2.24) is 14.9 Å². The number of anilines is 1. The van der Waals surface area contributed by atoms with Crippen molar-refractivity contribution in [3.8, 4) is 5.75 Å². The highest BCUT2D eigenvalue weighted by atomic mass is 16.5. The lowest BCUT2D eigenvalue weighted by atomic mass is 10.3. The summed E-state index contributed by atoms with van der Waals surface area (Å²) in [6, 6.07) is 5.49. The van der Waals surface area contributed by atoms with E-state index in [1.165, 1.54) is 0 Å². The summed E-state index contributed by atoms with van der Waals surface area (Å²) in [6.45, 7) is 0.145. The Labute approximate surface area is 98.4 Å². The van der Waals surface area contributed by atoms with Crippen LogP contribution in [0, 0.1) is 0 Å². The Balaban J connectivity index is 2.56. The Hall–Kier alpha value is -2.24. The van der Waals surface area contributed by atoms with Crippen molar-refractivity contribution < 1.29 is 9.53 Å². The van der Waals surface area contributed by atoms with E-state index >= 15 is 0 Å². The maximum Gasteiger partial charge on any atom is 0.239 e. The first-order chi connectivity index (χ1) is 8.17. The number of aromatic nitrogens is 2. The first-order valence-corrected chi connectivity index (χ1v) is 5.16. The van der Waals surface area contributed by atoms with Gasteiger partial charge < -0.3 is 20.4 Å². The zero-order valence-corrected chi connectivity index (χ0v) is 9.73.